The highest BCUT2D eigenvalue weighted by molar-refractivity contribution is 5.85. The van der Waals surface area contributed by atoms with E-state index < -0.39 is 0 Å². The van der Waals surface area contributed by atoms with E-state index >= 15 is 0 Å². The van der Waals surface area contributed by atoms with Crippen LogP contribution in [0.5, 0.6) is 0 Å². The van der Waals surface area contributed by atoms with Crippen molar-refractivity contribution in [1.29, 1.82) is 0 Å². The van der Waals surface area contributed by atoms with Crippen LogP contribution >= 0.6 is 0 Å². The van der Waals surface area contributed by atoms with Gasteiger partial charge in [0, 0.05) is 17.0 Å². The number of Topliss-reactive ketones (excluding diaryl/α,β-unsaturated/α-hetero) is 1. The lowest BCUT2D eigenvalue weighted by Gasteiger charge is -2.18. The molecule has 1 nitrogen and oxygen atoms in total. The number of rotatable bonds is 1. The van der Waals surface area contributed by atoms with Crippen molar-refractivity contribution in [3.05, 3.63) is 70.8 Å². The van der Waals surface area contributed by atoms with Gasteiger partial charge in [-0.05, 0) is 36.6 Å². The molecule has 19 heavy (non-hydrogen) atoms. The molecule has 1 heteroatoms. The summed E-state index contributed by atoms with van der Waals surface area (Å²) in [7, 11) is 0. The van der Waals surface area contributed by atoms with Crippen LogP contribution in [0.25, 0.3) is 0 Å². The average molecular weight is 246 g/mol. The Hall–Kier alpha value is -2.33. The number of hydrogen-bond donors (Lipinski definition) is 0. The summed E-state index contributed by atoms with van der Waals surface area (Å²) < 4.78 is 0. The molecule has 1 atom stereocenters. The summed E-state index contributed by atoms with van der Waals surface area (Å²) in [6, 6.07) is 16.0. The maximum absolute atomic E-state index is 12.0. The van der Waals surface area contributed by atoms with Crippen LogP contribution in [-0.2, 0) is 11.2 Å². The van der Waals surface area contributed by atoms with Gasteiger partial charge in [-0.3, -0.25) is 4.79 Å². The van der Waals surface area contributed by atoms with Gasteiger partial charge in [0.1, 0.15) is 5.78 Å². The summed E-state index contributed by atoms with van der Waals surface area (Å²) in [6.45, 7) is 1.67. The molecule has 0 spiro atoms. The molecule has 0 heterocycles. The minimum absolute atomic E-state index is 0.0908. The zero-order valence-electron chi connectivity index (χ0n) is 10.8. The Morgan fingerprint density at radius 1 is 1.00 bits per heavy atom. The largest absolute Gasteiger partial charge is 0.299 e. The highest BCUT2D eigenvalue weighted by Crippen LogP contribution is 2.27. The number of carbonyl (C=O) groups is 1. The van der Waals surface area contributed by atoms with Crippen LogP contribution in [0.3, 0.4) is 0 Å². The molecule has 0 aliphatic heterocycles. The number of carbonyl (C=O) groups excluding carboxylic acids is 1. The van der Waals surface area contributed by atoms with E-state index in [-0.39, 0.29) is 11.7 Å². The summed E-state index contributed by atoms with van der Waals surface area (Å²) in [5.74, 6) is 6.53. The van der Waals surface area contributed by atoms with Gasteiger partial charge < -0.3 is 0 Å². The lowest BCUT2D eigenvalue weighted by atomic mass is 9.84. The van der Waals surface area contributed by atoms with Crippen LogP contribution in [0.1, 0.15) is 35.1 Å². The second-order valence-corrected chi connectivity index (χ2v) is 4.86. The molecule has 0 aromatic heterocycles. The summed E-state index contributed by atoms with van der Waals surface area (Å²) in [4.78, 5) is 12.0. The van der Waals surface area contributed by atoms with Gasteiger partial charge in [0.05, 0.1) is 0 Å². The summed E-state index contributed by atoms with van der Waals surface area (Å²) in [5.41, 5.74) is 4.21. The molecule has 1 aliphatic rings. The van der Waals surface area contributed by atoms with Crippen LogP contribution in [0.2, 0.25) is 0 Å². The smallest absolute Gasteiger partial charge is 0.137 e. The van der Waals surface area contributed by atoms with Crippen molar-refractivity contribution in [3.63, 3.8) is 0 Å². The fourth-order valence-corrected chi connectivity index (χ4v) is 2.56. The molecule has 92 valence electrons. The minimum Gasteiger partial charge on any atom is -0.299 e. The highest BCUT2D eigenvalue weighted by Gasteiger charge is 2.21. The SMILES string of the molecule is CC(=O)C1Cc2ccccc2C#Cc2ccccc21. The second-order valence-electron chi connectivity index (χ2n) is 4.86. The van der Waals surface area contributed by atoms with Crippen molar-refractivity contribution < 1.29 is 4.79 Å². The number of benzene rings is 2. The van der Waals surface area contributed by atoms with Gasteiger partial charge in [0.15, 0.2) is 0 Å². The Morgan fingerprint density at radius 3 is 2.42 bits per heavy atom. The van der Waals surface area contributed by atoms with Crippen LogP contribution in [0, 0.1) is 11.8 Å². The normalized spacial score (nSPS) is 16.2. The molecule has 1 unspecified atom stereocenters. The van der Waals surface area contributed by atoms with Gasteiger partial charge in [0.25, 0.3) is 0 Å². The maximum Gasteiger partial charge on any atom is 0.137 e. The van der Waals surface area contributed by atoms with Gasteiger partial charge in [-0.15, -0.1) is 0 Å². The molecule has 0 bridgehead atoms. The van der Waals surface area contributed by atoms with Crippen molar-refractivity contribution in [2.24, 2.45) is 0 Å². The molecular formula is C18H14O. The van der Waals surface area contributed by atoms with Crippen molar-refractivity contribution in [2.75, 3.05) is 0 Å². The van der Waals surface area contributed by atoms with E-state index in [2.05, 4.69) is 17.9 Å². The van der Waals surface area contributed by atoms with Gasteiger partial charge in [-0.1, -0.05) is 48.2 Å². The summed E-state index contributed by atoms with van der Waals surface area (Å²) in [5, 5.41) is 0. The number of fused-ring (bicyclic) bond motifs is 2. The van der Waals surface area contributed by atoms with E-state index in [1.807, 2.05) is 42.5 Å². The summed E-state index contributed by atoms with van der Waals surface area (Å²) in [6.07, 6.45) is 0.733. The quantitative estimate of drug-likeness (QED) is 0.705. The topological polar surface area (TPSA) is 17.1 Å². The van der Waals surface area contributed by atoms with Crippen molar-refractivity contribution >= 4 is 5.78 Å². The van der Waals surface area contributed by atoms with E-state index in [9.17, 15) is 4.79 Å². The fraction of sp³-hybridized carbons (Fsp3) is 0.167. The van der Waals surface area contributed by atoms with Crippen LogP contribution < -0.4 is 0 Å². The Balaban J connectivity index is 2.23. The first-order valence-corrected chi connectivity index (χ1v) is 6.45. The van der Waals surface area contributed by atoms with Crippen molar-refractivity contribution in [3.8, 4) is 11.8 Å². The number of ketones is 1. The standard InChI is InChI=1S/C18H14O/c1-13(19)18-12-16-8-3-2-6-14(16)10-11-15-7-4-5-9-17(15)18/h2-9,18H,12H2,1H3. The Labute approximate surface area is 113 Å². The minimum atomic E-state index is -0.0908. The molecule has 0 saturated carbocycles. The van der Waals surface area contributed by atoms with Crippen LogP contribution in [0.4, 0.5) is 0 Å². The van der Waals surface area contributed by atoms with Gasteiger partial charge in [0.2, 0.25) is 0 Å². The van der Waals surface area contributed by atoms with Crippen molar-refractivity contribution in [2.45, 2.75) is 19.3 Å². The van der Waals surface area contributed by atoms with Crippen LogP contribution in [0.15, 0.2) is 48.5 Å². The second kappa shape index (κ2) is 4.74. The zero-order valence-corrected chi connectivity index (χ0v) is 10.8. The highest BCUT2D eigenvalue weighted by atomic mass is 16.1. The van der Waals surface area contributed by atoms with Crippen molar-refractivity contribution in [1.82, 2.24) is 0 Å². The van der Waals surface area contributed by atoms with Gasteiger partial charge in [-0.25, -0.2) is 0 Å². The molecule has 2 aromatic rings. The number of hydrogen-bond acceptors (Lipinski definition) is 1. The third-order valence-corrected chi connectivity index (χ3v) is 3.60. The predicted octanol–water partition coefficient (Wildman–Crippen LogP) is 3.32. The fourth-order valence-electron chi connectivity index (χ4n) is 2.56. The Kier molecular flexibility index (Phi) is 2.93. The maximum atomic E-state index is 12.0. The first-order chi connectivity index (χ1) is 9.25. The van der Waals surface area contributed by atoms with E-state index in [0.29, 0.717) is 0 Å². The molecule has 1 aliphatic carbocycles. The average Bonchev–Trinajstić information content (AvgIpc) is 2.41. The monoisotopic (exact) mass is 246 g/mol. The molecule has 0 amide bonds. The first-order valence-electron chi connectivity index (χ1n) is 6.45. The van der Waals surface area contributed by atoms with E-state index in [4.69, 9.17) is 0 Å². The lowest BCUT2D eigenvalue weighted by Crippen LogP contribution is -2.15. The van der Waals surface area contributed by atoms with Gasteiger partial charge in [-0.2, -0.15) is 0 Å². The van der Waals surface area contributed by atoms with E-state index in [0.717, 1.165) is 28.7 Å². The molecule has 0 fully saturated rings. The molecule has 0 saturated heterocycles. The molecule has 0 N–H and O–H groups in total. The van der Waals surface area contributed by atoms with Gasteiger partial charge >= 0.3 is 0 Å². The van der Waals surface area contributed by atoms with E-state index in [1.54, 1.807) is 6.92 Å². The molecule has 3 rings (SSSR count). The van der Waals surface area contributed by atoms with Crippen LogP contribution in [-0.4, -0.2) is 5.78 Å². The summed E-state index contributed by atoms with van der Waals surface area (Å²) >= 11 is 0. The molecule has 0 radical (unpaired) electrons. The third kappa shape index (κ3) is 2.18. The zero-order chi connectivity index (χ0) is 13.2. The lowest BCUT2D eigenvalue weighted by molar-refractivity contribution is -0.118. The van der Waals surface area contributed by atoms with E-state index in [1.165, 1.54) is 0 Å². The first kappa shape index (κ1) is 11.7. The Morgan fingerprint density at radius 2 is 1.63 bits per heavy atom. The predicted molar refractivity (Wildman–Crippen MR) is 76.0 cm³/mol. The molecular weight excluding hydrogens is 232 g/mol. The molecule has 2 aromatic carbocycles. The third-order valence-electron chi connectivity index (χ3n) is 3.60. The Bertz CT molecular complexity index is 701.